The third-order valence-electron chi connectivity index (χ3n) is 3.97. The maximum atomic E-state index is 11.2. The van der Waals surface area contributed by atoms with Gasteiger partial charge in [0.15, 0.2) is 5.71 Å². The van der Waals surface area contributed by atoms with Crippen LogP contribution in [0.5, 0.6) is 5.88 Å². The molecule has 2 heterocycles. The van der Waals surface area contributed by atoms with E-state index in [2.05, 4.69) is 31.6 Å². The minimum Gasteiger partial charge on any atom is -0.391 e. The average Bonchev–Trinajstić information content (AvgIpc) is 3.16. The van der Waals surface area contributed by atoms with Crippen molar-refractivity contribution in [3.05, 3.63) is 65.1 Å². The van der Waals surface area contributed by atoms with Gasteiger partial charge in [-0.05, 0) is 22.6 Å². The van der Waals surface area contributed by atoms with Gasteiger partial charge in [-0.1, -0.05) is 35.5 Å². The summed E-state index contributed by atoms with van der Waals surface area (Å²) < 4.78 is 6.50. The van der Waals surface area contributed by atoms with Crippen LogP contribution in [0.2, 0.25) is 0 Å². The van der Waals surface area contributed by atoms with Crippen LogP contribution in [0.25, 0.3) is 0 Å². The van der Waals surface area contributed by atoms with E-state index < -0.39 is 6.09 Å². The number of primary amides is 1. The maximum absolute atomic E-state index is 11.2. The van der Waals surface area contributed by atoms with Gasteiger partial charge in [0.1, 0.15) is 6.61 Å². The quantitative estimate of drug-likeness (QED) is 0.342. The number of ether oxygens (including phenoxy) is 1. The molecule has 0 atom stereocenters. The van der Waals surface area contributed by atoms with Gasteiger partial charge in [-0.15, -0.1) is 17.4 Å². The molecule has 2 N–H and O–H groups in total. The minimum absolute atomic E-state index is 0.0212. The van der Waals surface area contributed by atoms with Crippen LogP contribution >= 0.6 is 0 Å². The zero-order valence-corrected chi connectivity index (χ0v) is 16.2. The van der Waals surface area contributed by atoms with Gasteiger partial charge in [0, 0.05) is 31.1 Å². The Morgan fingerprint density at radius 2 is 2.07 bits per heavy atom. The second kappa shape index (κ2) is 9.79. The summed E-state index contributed by atoms with van der Waals surface area (Å²) in [6.45, 7) is -0.0212. The molecule has 1 aromatic carbocycles. The van der Waals surface area contributed by atoms with Crippen molar-refractivity contribution in [2.45, 2.75) is 19.4 Å². The van der Waals surface area contributed by atoms with E-state index in [9.17, 15) is 4.79 Å². The van der Waals surface area contributed by atoms with E-state index in [0.717, 1.165) is 5.56 Å². The molecule has 0 spiro atoms. The first kappa shape index (κ1) is 20.5. The van der Waals surface area contributed by atoms with Crippen molar-refractivity contribution in [1.82, 2.24) is 25.2 Å². The van der Waals surface area contributed by atoms with E-state index in [1.54, 1.807) is 19.2 Å². The lowest BCUT2D eigenvalue weighted by atomic mass is 10.1. The predicted octanol–water partition coefficient (Wildman–Crippen LogP) is 1.60. The molecule has 10 heteroatoms. The highest BCUT2D eigenvalue weighted by Gasteiger charge is 2.16. The molecule has 0 saturated carbocycles. The molecule has 0 aliphatic heterocycles. The first-order valence-electron chi connectivity index (χ1n) is 8.96. The number of carbonyl (C=O) groups excluding carboxylic acids is 1. The van der Waals surface area contributed by atoms with E-state index in [-0.39, 0.29) is 12.5 Å². The van der Waals surface area contributed by atoms with Gasteiger partial charge in [0.05, 0.1) is 5.56 Å². The lowest BCUT2D eigenvalue weighted by Crippen LogP contribution is -2.18. The molecular formula is C20H19N7O3. The van der Waals surface area contributed by atoms with Gasteiger partial charge < -0.3 is 15.3 Å². The van der Waals surface area contributed by atoms with E-state index in [4.69, 9.17) is 21.7 Å². The minimum atomic E-state index is -0.975. The summed E-state index contributed by atoms with van der Waals surface area (Å²) in [6.07, 6.45) is 5.36. The van der Waals surface area contributed by atoms with Crippen LogP contribution in [0.3, 0.4) is 0 Å². The zero-order valence-electron chi connectivity index (χ0n) is 16.2. The van der Waals surface area contributed by atoms with Crippen molar-refractivity contribution < 1.29 is 14.4 Å². The van der Waals surface area contributed by atoms with Gasteiger partial charge in [-0.25, -0.2) is 14.5 Å². The van der Waals surface area contributed by atoms with Gasteiger partial charge in [-0.2, -0.15) is 0 Å². The fourth-order valence-corrected chi connectivity index (χ4v) is 2.56. The third kappa shape index (κ3) is 5.17. The second-order valence-corrected chi connectivity index (χ2v) is 6.10. The smallest absolute Gasteiger partial charge is 0.391 e. The van der Waals surface area contributed by atoms with Crippen LogP contribution in [0.1, 0.15) is 29.1 Å². The number of pyridine rings is 1. The molecule has 0 aliphatic carbocycles. The Bertz CT molecular complexity index is 1090. The molecule has 0 fully saturated rings. The normalized spacial score (nSPS) is 11.0. The van der Waals surface area contributed by atoms with Crippen molar-refractivity contribution in [3.8, 4) is 18.2 Å². The Kier molecular flexibility index (Phi) is 6.68. The van der Waals surface area contributed by atoms with Crippen molar-refractivity contribution >= 4 is 11.8 Å². The molecule has 3 aromatic rings. The van der Waals surface area contributed by atoms with Crippen molar-refractivity contribution in [2.75, 3.05) is 0 Å². The number of benzene rings is 1. The Labute approximate surface area is 172 Å². The number of rotatable bonds is 8. The molecule has 10 nitrogen and oxygen atoms in total. The van der Waals surface area contributed by atoms with Gasteiger partial charge in [0.2, 0.25) is 11.7 Å². The highest BCUT2D eigenvalue weighted by Crippen LogP contribution is 2.19. The van der Waals surface area contributed by atoms with E-state index >= 15 is 0 Å². The van der Waals surface area contributed by atoms with E-state index in [1.165, 1.54) is 4.68 Å². The summed E-state index contributed by atoms with van der Waals surface area (Å²) in [5.41, 5.74) is 7.53. The van der Waals surface area contributed by atoms with Crippen molar-refractivity contribution in [1.29, 1.82) is 0 Å². The summed E-state index contributed by atoms with van der Waals surface area (Å²) in [7, 11) is 1.70. The van der Waals surface area contributed by atoms with Gasteiger partial charge in [0.25, 0.3) is 0 Å². The average molecular weight is 405 g/mol. The van der Waals surface area contributed by atoms with Crippen molar-refractivity contribution in [2.24, 2.45) is 17.9 Å². The number of terminal acetylenes is 1. The summed E-state index contributed by atoms with van der Waals surface area (Å²) in [4.78, 5) is 21.1. The fraction of sp³-hybridized carbons (Fsp3) is 0.200. The molecule has 30 heavy (non-hydrogen) atoms. The number of nitrogens with zero attached hydrogens (tertiary/aromatic N) is 6. The number of carbonyl (C=O) groups is 1. The Hall–Kier alpha value is -4.26. The van der Waals surface area contributed by atoms with Crippen LogP contribution in [-0.2, 0) is 24.9 Å². The standard InChI is InChI=1S/C20H19N7O3/c1-3-4-10-16-12-11-15(19(22-16)30-20(21)28)13-29-24-17(14-8-6-5-7-9-14)18-23-25-26-27(18)2/h1,5-9,11-12H,4,10,13H2,2H3,(H2,21,28)/b24-17-. The molecule has 1 amide bonds. The number of aromatic nitrogens is 5. The van der Waals surface area contributed by atoms with E-state index in [0.29, 0.717) is 35.6 Å². The van der Waals surface area contributed by atoms with Gasteiger partial charge in [-0.3, -0.25) is 0 Å². The predicted molar refractivity (Wildman–Crippen MR) is 107 cm³/mol. The molecular weight excluding hydrogens is 386 g/mol. The highest BCUT2D eigenvalue weighted by molar-refractivity contribution is 6.10. The largest absolute Gasteiger partial charge is 0.411 e. The third-order valence-corrected chi connectivity index (χ3v) is 3.97. The molecule has 2 aromatic heterocycles. The SMILES string of the molecule is C#CCCc1ccc(CO/N=C(/c2ccccc2)c2nnnn2C)c(OC(N)=O)n1. The lowest BCUT2D eigenvalue weighted by Gasteiger charge is -2.10. The van der Waals surface area contributed by atoms with Crippen LogP contribution < -0.4 is 10.5 Å². The maximum Gasteiger partial charge on any atom is 0.411 e. The number of hydrogen-bond acceptors (Lipinski definition) is 8. The molecule has 0 bridgehead atoms. The van der Waals surface area contributed by atoms with Crippen LogP contribution in [0.4, 0.5) is 4.79 Å². The van der Waals surface area contributed by atoms with Crippen molar-refractivity contribution in [3.63, 3.8) is 0 Å². The first-order valence-corrected chi connectivity index (χ1v) is 8.96. The fourth-order valence-electron chi connectivity index (χ4n) is 2.56. The number of nitrogens with two attached hydrogens (primary N) is 1. The Morgan fingerprint density at radius 3 is 2.73 bits per heavy atom. The monoisotopic (exact) mass is 405 g/mol. The number of oxime groups is 1. The highest BCUT2D eigenvalue weighted by atomic mass is 16.6. The second-order valence-electron chi connectivity index (χ2n) is 6.10. The Morgan fingerprint density at radius 1 is 1.27 bits per heavy atom. The lowest BCUT2D eigenvalue weighted by molar-refractivity contribution is 0.128. The Balaban J connectivity index is 1.85. The number of tetrazole rings is 1. The van der Waals surface area contributed by atoms with Crippen LogP contribution in [0, 0.1) is 12.3 Å². The first-order chi connectivity index (χ1) is 14.6. The zero-order chi connectivity index (χ0) is 21.3. The van der Waals surface area contributed by atoms with Gasteiger partial charge >= 0.3 is 6.09 Å². The number of amides is 1. The number of aryl methyl sites for hydroxylation is 2. The van der Waals surface area contributed by atoms with Crippen LogP contribution in [-0.4, -0.2) is 37.0 Å². The molecule has 0 saturated heterocycles. The molecule has 0 unspecified atom stereocenters. The summed E-state index contributed by atoms with van der Waals surface area (Å²) >= 11 is 0. The summed E-state index contributed by atoms with van der Waals surface area (Å²) in [6, 6.07) is 12.8. The molecule has 0 aliphatic rings. The summed E-state index contributed by atoms with van der Waals surface area (Å²) in [5.74, 6) is 3.02. The molecule has 3 rings (SSSR count). The van der Waals surface area contributed by atoms with E-state index in [1.807, 2.05) is 30.3 Å². The number of hydrogen-bond donors (Lipinski definition) is 1. The topological polar surface area (TPSA) is 130 Å². The van der Waals surface area contributed by atoms with Crippen LogP contribution in [0.15, 0.2) is 47.6 Å². The summed E-state index contributed by atoms with van der Waals surface area (Å²) in [5, 5.41) is 15.7. The molecule has 152 valence electrons. The molecule has 0 radical (unpaired) electrons.